The summed E-state index contributed by atoms with van der Waals surface area (Å²) >= 11 is 6.36. The standard InChI is InChI=1S/C28H32ClN2.ClHO4/c1-5-7-18-31-26-16-15-22(29)20-24(26)28(3,4)27(31)14-10-11-21-17-19-30(6-2)25-13-9-8-12-23(21)25;2-1(3,4)5/h8-17,19-20H,5-7,18H2,1-4H3;(H,2,3,4,5)/q+1;/p-1. The molecule has 0 N–H and O–H groups in total. The van der Waals surface area contributed by atoms with Crippen LogP contribution in [0.15, 0.2) is 72.6 Å². The van der Waals surface area contributed by atoms with E-state index in [9.17, 15) is 0 Å². The highest BCUT2D eigenvalue weighted by Crippen LogP contribution is 2.48. The van der Waals surface area contributed by atoms with E-state index < -0.39 is 10.2 Å². The predicted molar refractivity (Wildman–Crippen MR) is 134 cm³/mol. The number of hydrogen-bond acceptors (Lipinski definition) is 5. The van der Waals surface area contributed by atoms with Gasteiger partial charge in [-0.25, -0.2) is 18.6 Å². The Hall–Kier alpha value is -2.45. The lowest BCUT2D eigenvalue weighted by molar-refractivity contribution is -2.00. The Balaban J connectivity index is 0.000000658. The second-order valence-corrected chi connectivity index (χ2v) is 10.3. The van der Waals surface area contributed by atoms with Gasteiger partial charge in [-0.3, -0.25) is 0 Å². The van der Waals surface area contributed by atoms with Crippen LogP contribution in [0.3, 0.4) is 0 Å². The van der Waals surface area contributed by atoms with Crippen LogP contribution >= 0.6 is 11.6 Å². The number of aryl methyl sites for hydroxylation is 1. The molecule has 1 aromatic heterocycles. The van der Waals surface area contributed by atoms with Crippen molar-refractivity contribution in [2.75, 3.05) is 11.4 Å². The fourth-order valence-electron chi connectivity index (χ4n) is 4.68. The molecule has 0 atom stereocenters. The molecule has 0 spiro atoms. The summed E-state index contributed by atoms with van der Waals surface area (Å²) in [6, 6.07) is 17.2. The van der Waals surface area contributed by atoms with E-state index >= 15 is 0 Å². The minimum Gasteiger partial charge on any atom is -0.344 e. The number of benzene rings is 2. The number of anilines is 1. The summed E-state index contributed by atoms with van der Waals surface area (Å²) in [7, 11) is -4.94. The minimum atomic E-state index is -4.94. The number of halogens is 2. The maximum atomic E-state index is 8.49. The molecule has 0 bridgehead atoms. The van der Waals surface area contributed by atoms with E-state index in [4.69, 9.17) is 30.2 Å². The number of para-hydroxylation sites is 1. The first-order valence-electron chi connectivity index (χ1n) is 12.0. The molecular weight excluding hydrogens is 499 g/mol. The van der Waals surface area contributed by atoms with Crippen molar-refractivity contribution in [1.29, 1.82) is 0 Å². The lowest BCUT2D eigenvalue weighted by Gasteiger charge is -2.27. The smallest absolute Gasteiger partial charge is 0.213 e. The van der Waals surface area contributed by atoms with Crippen LogP contribution in [0.25, 0.3) is 17.0 Å². The van der Waals surface area contributed by atoms with Crippen LogP contribution in [0.4, 0.5) is 5.69 Å². The van der Waals surface area contributed by atoms with Gasteiger partial charge < -0.3 is 4.90 Å². The van der Waals surface area contributed by atoms with E-state index in [1.807, 2.05) is 6.07 Å². The van der Waals surface area contributed by atoms with Crippen molar-refractivity contribution in [3.8, 4) is 0 Å². The summed E-state index contributed by atoms with van der Waals surface area (Å²) in [6.07, 6.45) is 11.3. The lowest BCUT2D eigenvalue weighted by atomic mass is 9.83. The van der Waals surface area contributed by atoms with Crippen molar-refractivity contribution in [3.63, 3.8) is 0 Å². The molecule has 8 heteroatoms. The van der Waals surface area contributed by atoms with Gasteiger partial charge in [0.2, 0.25) is 5.52 Å². The number of pyridine rings is 1. The van der Waals surface area contributed by atoms with E-state index in [0.717, 1.165) is 18.1 Å². The van der Waals surface area contributed by atoms with E-state index in [0.29, 0.717) is 0 Å². The quantitative estimate of drug-likeness (QED) is 0.456. The number of hydrogen-bond donors (Lipinski definition) is 0. The zero-order valence-electron chi connectivity index (χ0n) is 21.0. The summed E-state index contributed by atoms with van der Waals surface area (Å²) in [4.78, 5) is 2.48. The van der Waals surface area contributed by atoms with Gasteiger partial charge in [0, 0.05) is 40.5 Å². The van der Waals surface area contributed by atoms with Gasteiger partial charge in [0.25, 0.3) is 0 Å². The van der Waals surface area contributed by atoms with Gasteiger partial charge in [0.1, 0.15) is 6.54 Å². The third-order valence-corrected chi connectivity index (χ3v) is 6.65. The molecule has 0 saturated carbocycles. The second kappa shape index (κ2) is 11.7. The molecule has 0 saturated heterocycles. The molecular formula is C28H32Cl2N2O4. The van der Waals surface area contributed by atoms with Crippen LogP contribution in [-0.4, -0.2) is 6.54 Å². The van der Waals surface area contributed by atoms with Gasteiger partial charge in [-0.1, -0.05) is 63.1 Å². The number of fused-ring (bicyclic) bond motifs is 2. The molecule has 3 aromatic rings. The summed E-state index contributed by atoms with van der Waals surface area (Å²) in [5.41, 5.74) is 6.36. The SMILES string of the molecule is CCCCN1C(=CC=Cc2cc[n+](CC)c3ccccc23)C(C)(C)c2cc(Cl)ccc21.[O-][Cl+3]([O-])([O-])[O-]. The van der Waals surface area contributed by atoms with Crippen LogP contribution in [0, 0.1) is 10.2 Å². The van der Waals surface area contributed by atoms with E-state index in [-0.39, 0.29) is 5.41 Å². The Morgan fingerprint density at radius 2 is 1.72 bits per heavy atom. The Kier molecular flexibility index (Phi) is 9.17. The number of rotatable bonds is 6. The molecule has 1 aliphatic heterocycles. The number of unbranched alkanes of at least 4 members (excludes halogenated alkanes) is 1. The topological polar surface area (TPSA) is 99.4 Å². The minimum absolute atomic E-state index is 0.0810. The van der Waals surface area contributed by atoms with Gasteiger partial charge in [0.15, 0.2) is 6.20 Å². The predicted octanol–water partition coefficient (Wildman–Crippen LogP) is 2.54. The van der Waals surface area contributed by atoms with Crippen LogP contribution in [0.2, 0.25) is 5.02 Å². The molecule has 0 amide bonds. The molecule has 4 rings (SSSR count). The highest BCUT2D eigenvalue weighted by atomic mass is 35.7. The van der Waals surface area contributed by atoms with Gasteiger partial charge in [0.05, 0.1) is 5.39 Å². The van der Waals surface area contributed by atoms with Gasteiger partial charge >= 0.3 is 0 Å². The Morgan fingerprint density at radius 1 is 1.03 bits per heavy atom. The monoisotopic (exact) mass is 530 g/mol. The maximum absolute atomic E-state index is 8.49. The van der Waals surface area contributed by atoms with Crippen LogP contribution < -0.4 is 28.1 Å². The average molecular weight is 531 g/mol. The molecule has 192 valence electrons. The van der Waals surface area contributed by atoms with Crippen LogP contribution in [0.5, 0.6) is 0 Å². The molecule has 0 fully saturated rings. The lowest BCUT2D eigenvalue weighted by Crippen LogP contribution is -2.68. The Morgan fingerprint density at radius 3 is 2.39 bits per heavy atom. The normalized spacial score (nSPS) is 15.9. The van der Waals surface area contributed by atoms with Crippen molar-refractivity contribution in [2.24, 2.45) is 0 Å². The Labute approximate surface area is 220 Å². The van der Waals surface area contributed by atoms with Crippen LogP contribution in [-0.2, 0) is 12.0 Å². The molecule has 36 heavy (non-hydrogen) atoms. The summed E-state index contributed by atoms with van der Waals surface area (Å²) < 4.78 is 36.3. The van der Waals surface area contributed by atoms with Crippen molar-refractivity contribution in [1.82, 2.24) is 0 Å². The Bertz CT molecular complexity index is 1260. The zero-order chi connectivity index (χ0) is 26.5. The van der Waals surface area contributed by atoms with E-state index in [1.165, 1.54) is 46.3 Å². The molecule has 6 nitrogen and oxygen atoms in total. The molecule has 2 heterocycles. The largest absolute Gasteiger partial charge is 0.344 e. The van der Waals surface area contributed by atoms with Crippen molar-refractivity contribution < 1.29 is 33.4 Å². The first kappa shape index (κ1) is 28.1. The highest BCUT2D eigenvalue weighted by Gasteiger charge is 2.39. The first-order valence-corrected chi connectivity index (χ1v) is 13.6. The average Bonchev–Trinajstić information content (AvgIpc) is 3.02. The summed E-state index contributed by atoms with van der Waals surface area (Å²) in [6.45, 7) is 11.0. The number of nitrogens with zero attached hydrogens (tertiary/aromatic N) is 2. The molecule has 1 aliphatic rings. The third kappa shape index (κ3) is 6.65. The molecule has 0 aliphatic carbocycles. The van der Waals surface area contributed by atoms with Crippen molar-refractivity contribution >= 4 is 34.3 Å². The molecule has 0 radical (unpaired) electrons. The molecule has 2 aromatic carbocycles. The van der Waals surface area contributed by atoms with Gasteiger partial charge in [-0.2, -0.15) is 4.57 Å². The van der Waals surface area contributed by atoms with Gasteiger partial charge in [-0.05, 0) is 54.8 Å². The number of allylic oxidation sites excluding steroid dienone is 3. The van der Waals surface area contributed by atoms with Gasteiger partial charge in [-0.15, -0.1) is 10.2 Å². The highest BCUT2D eigenvalue weighted by molar-refractivity contribution is 6.30. The van der Waals surface area contributed by atoms with Crippen molar-refractivity contribution in [2.45, 2.75) is 52.5 Å². The molecule has 0 unspecified atom stereocenters. The summed E-state index contributed by atoms with van der Waals surface area (Å²) in [5, 5.41) is 2.09. The van der Waals surface area contributed by atoms with E-state index in [2.05, 4.69) is 104 Å². The van der Waals surface area contributed by atoms with E-state index in [1.54, 1.807) is 0 Å². The van der Waals surface area contributed by atoms with Crippen molar-refractivity contribution in [3.05, 3.63) is 88.7 Å². The summed E-state index contributed by atoms with van der Waals surface area (Å²) in [5.74, 6) is 0. The first-order chi connectivity index (χ1) is 17.0. The second-order valence-electron chi connectivity index (χ2n) is 9.15. The van der Waals surface area contributed by atoms with Crippen LogP contribution in [0.1, 0.15) is 51.7 Å². The maximum Gasteiger partial charge on any atom is 0.213 e. The fourth-order valence-corrected chi connectivity index (χ4v) is 4.85. The number of aromatic nitrogens is 1. The third-order valence-electron chi connectivity index (χ3n) is 6.42. The fraction of sp³-hybridized carbons (Fsp3) is 0.321. The zero-order valence-corrected chi connectivity index (χ0v) is 22.6.